The summed E-state index contributed by atoms with van der Waals surface area (Å²) in [5.74, 6) is -1.10. The SMILES string of the molecule is O=C(NO)c1ccc2c(c1)CCN(S(=O)(=O)c1ccc(F)cc1)C2. The van der Waals surface area contributed by atoms with E-state index in [0.717, 1.165) is 23.3 Å². The molecule has 2 aromatic rings. The van der Waals surface area contributed by atoms with Gasteiger partial charge >= 0.3 is 0 Å². The zero-order valence-corrected chi connectivity index (χ0v) is 13.4. The number of nitrogens with one attached hydrogen (secondary N) is 1. The summed E-state index contributed by atoms with van der Waals surface area (Å²) in [6.07, 6.45) is 0.447. The lowest BCUT2D eigenvalue weighted by Crippen LogP contribution is -2.36. The van der Waals surface area contributed by atoms with E-state index in [9.17, 15) is 17.6 Å². The maximum absolute atomic E-state index is 13.0. The van der Waals surface area contributed by atoms with E-state index in [1.165, 1.54) is 22.5 Å². The minimum atomic E-state index is -3.71. The molecule has 1 aliphatic rings. The normalized spacial score (nSPS) is 14.9. The van der Waals surface area contributed by atoms with Crippen molar-refractivity contribution in [2.75, 3.05) is 6.54 Å². The summed E-state index contributed by atoms with van der Waals surface area (Å²) < 4.78 is 39.6. The topological polar surface area (TPSA) is 86.7 Å². The van der Waals surface area contributed by atoms with Crippen LogP contribution in [0.15, 0.2) is 47.4 Å². The minimum absolute atomic E-state index is 0.0450. The molecular weight excluding hydrogens is 335 g/mol. The Morgan fingerprint density at radius 2 is 1.83 bits per heavy atom. The van der Waals surface area contributed by atoms with Crippen molar-refractivity contribution in [3.05, 3.63) is 65.0 Å². The predicted octanol–water partition coefficient (Wildman–Crippen LogP) is 1.69. The molecule has 126 valence electrons. The number of rotatable bonds is 3. The molecule has 1 heterocycles. The van der Waals surface area contributed by atoms with E-state index in [-0.39, 0.29) is 18.0 Å². The van der Waals surface area contributed by atoms with Gasteiger partial charge in [-0.2, -0.15) is 4.31 Å². The van der Waals surface area contributed by atoms with E-state index in [1.807, 2.05) is 0 Å². The highest BCUT2D eigenvalue weighted by atomic mass is 32.2. The Hall–Kier alpha value is -2.29. The second-order valence-corrected chi connectivity index (χ2v) is 7.40. The Labute approximate surface area is 138 Å². The lowest BCUT2D eigenvalue weighted by atomic mass is 9.98. The third-order valence-electron chi connectivity index (χ3n) is 4.00. The highest BCUT2D eigenvalue weighted by Gasteiger charge is 2.28. The first-order chi connectivity index (χ1) is 11.4. The van der Waals surface area contributed by atoms with Crippen molar-refractivity contribution in [2.45, 2.75) is 17.9 Å². The van der Waals surface area contributed by atoms with Crippen LogP contribution in [0.3, 0.4) is 0 Å². The van der Waals surface area contributed by atoms with Gasteiger partial charge in [0.25, 0.3) is 5.91 Å². The van der Waals surface area contributed by atoms with Crippen molar-refractivity contribution in [3.8, 4) is 0 Å². The fourth-order valence-electron chi connectivity index (χ4n) is 2.69. The molecule has 2 N–H and O–H groups in total. The molecule has 24 heavy (non-hydrogen) atoms. The fraction of sp³-hybridized carbons (Fsp3) is 0.188. The number of carbonyl (C=O) groups is 1. The maximum Gasteiger partial charge on any atom is 0.274 e. The molecule has 0 unspecified atom stereocenters. The van der Waals surface area contributed by atoms with E-state index < -0.39 is 21.7 Å². The molecule has 0 saturated heterocycles. The van der Waals surface area contributed by atoms with Crippen LogP contribution in [0.25, 0.3) is 0 Å². The van der Waals surface area contributed by atoms with Crippen molar-refractivity contribution in [1.29, 1.82) is 0 Å². The van der Waals surface area contributed by atoms with Crippen LogP contribution < -0.4 is 5.48 Å². The standard InChI is InChI=1S/C16H15FN2O4S/c17-14-3-5-15(6-4-14)24(22,23)19-8-7-11-9-12(16(20)18-21)1-2-13(11)10-19/h1-6,9,21H,7-8,10H2,(H,18,20). The Balaban J connectivity index is 1.87. The fourth-order valence-corrected chi connectivity index (χ4v) is 4.11. The molecule has 3 rings (SSSR count). The first-order valence-corrected chi connectivity index (χ1v) is 8.68. The number of hydrogen-bond acceptors (Lipinski definition) is 4. The molecule has 2 aromatic carbocycles. The van der Waals surface area contributed by atoms with Crippen LogP contribution in [0.1, 0.15) is 21.5 Å². The number of hydroxylamine groups is 1. The van der Waals surface area contributed by atoms with Crippen molar-refractivity contribution in [2.24, 2.45) is 0 Å². The minimum Gasteiger partial charge on any atom is -0.288 e. The lowest BCUT2D eigenvalue weighted by Gasteiger charge is -2.28. The van der Waals surface area contributed by atoms with Gasteiger partial charge < -0.3 is 0 Å². The average Bonchev–Trinajstić information content (AvgIpc) is 2.60. The van der Waals surface area contributed by atoms with Gasteiger partial charge in [0.1, 0.15) is 5.82 Å². The first-order valence-electron chi connectivity index (χ1n) is 7.24. The second kappa shape index (κ2) is 6.31. The monoisotopic (exact) mass is 350 g/mol. The molecule has 1 aliphatic heterocycles. The molecule has 8 heteroatoms. The number of sulfonamides is 1. The van der Waals surface area contributed by atoms with Gasteiger partial charge in [0.15, 0.2) is 0 Å². The zero-order valence-electron chi connectivity index (χ0n) is 12.6. The van der Waals surface area contributed by atoms with Crippen LogP contribution in [-0.4, -0.2) is 30.4 Å². The highest BCUT2D eigenvalue weighted by molar-refractivity contribution is 7.89. The number of amides is 1. The summed E-state index contributed by atoms with van der Waals surface area (Å²) in [5.41, 5.74) is 3.54. The number of fused-ring (bicyclic) bond motifs is 1. The second-order valence-electron chi connectivity index (χ2n) is 5.47. The molecule has 0 bridgehead atoms. The Kier molecular flexibility index (Phi) is 4.35. The van der Waals surface area contributed by atoms with E-state index in [1.54, 1.807) is 17.6 Å². The van der Waals surface area contributed by atoms with Crippen LogP contribution in [0.2, 0.25) is 0 Å². The highest BCUT2D eigenvalue weighted by Crippen LogP contribution is 2.25. The molecule has 0 saturated carbocycles. The van der Waals surface area contributed by atoms with E-state index >= 15 is 0 Å². The van der Waals surface area contributed by atoms with Crippen LogP contribution in [-0.2, 0) is 23.0 Å². The largest absolute Gasteiger partial charge is 0.288 e. The Bertz CT molecular complexity index is 881. The molecule has 0 spiro atoms. The third-order valence-corrected chi connectivity index (χ3v) is 5.86. The van der Waals surface area contributed by atoms with Gasteiger partial charge in [-0.25, -0.2) is 18.3 Å². The molecule has 6 nitrogen and oxygen atoms in total. The van der Waals surface area contributed by atoms with Crippen molar-refractivity contribution in [3.63, 3.8) is 0 Å². The number of nitrogens with zero attached hydrogens (tertiary/aromatic N) is 1. The summed E-state index contributed by atoms with van der Waals surface area (Å²) in [4.78, 5) is 11.5. The molecule has 0 atom stereocenters. The van der Waals surface area contributed by atoms with Gasteiger partial charge in [0.05, 0.1) is 4.90 Å². The van der Waals surface area contributed by atoms with Gasteiger partial charge in [-0.05, 0) is 53.9 Å². The molecule has 0 radical (unpaired) electrons. The number of carbonyl (C=O) groups excluding carboxylic acids is 1. The maximum atomic E-state index is 13.0. The van der Waals surface area contributed by atoms with Gasteiger partial charge in [-0.1, -0.05) is 6.07 Å². The van der Waals surface area contributed by atoms with Gasteiger partial charge in [-0.3, -0.25) is 10.0 Å². The first kappa shape index (κ1) is 16.6. The summed E-state index contributed by atoms with van der Waals surface area (Å²) in [6.45, 7) is 0.437. The van der Waals surface area contributed by atoms with E-state index in [0.29, 0.717) is 12.0 Å². The van der Waals surface area contributed by atoms with Gasteiger partial charge in [0, 0.05) is 18.7 Å². The summed E-state index contributed by atoms with van der Waals surface area (Å²) >= 11 is 0. The lowest BCUT2D eigenvalue weighted by molar-refractivity contribution is 0.0706. The van der Waals surface area contributed by atoms with Crippen molar-refractivity contribution < 1.29 is 22.8 Å². The smallest absolute Gasteiger partial charge is 0.274 e. The summed E-state index contributed by atoms with van der Waals surface area (Å²) in [6, 6.07) is 9.56. The van der Waals surface area contributed by atoms with Crippen LogP contribution in [0.4, 0.5) is 4.39 Å². The molecule has 0 aromatic heterocycles. The summed E-state index contributed by atoms with van der Waals surface area (Å²) in [5, 5.41) is 8.67. The van der Waals surface area contributed by atoms with Crippen molar-refractivity contribution >= 4 is 15.9 Å². The zero-order chi connectivity index (χ0) is 17.3. The Morgan fingerprint density at radius 3 is 2.50 bits per heavy atom. The summed E-state index contributed by atoms with van der Waals surface area (Å²) in [7, 11) is -3.71. The third kappa shape index (κ3) is 3.03. The molecule has 1 amide bonds. The molecule has 0 aliphatic carbocycles. The number of benzene rings is 2. The van der Waals surface area contributed by atoms with Crippen LogP contribution >= 0.6 is 0 Å². The van der Waals surface area contributed by atoms with Crippen LogP contribution in [0.5, 0.6) is 0 Å². The van der Waals surface area contributed by atoms with Crippen LogP contribution in [0, 0.1) is 5.82 Å². The number of hydrogen-bond donors (Lipinski definition) is 2. The average molecular weight is 350 g/mol. The van der Waals surface area contributed by atoms with Gasteiger partial charge in [-0.15, -0.1) is 0 Å². The number of halogens is 1. The van der Waals surface area contributed by atoms with E-state index in [4.69, 9.17) is 5.21 Å². The Morgan fingerprint density at radius 1 is 1.12 bits per heavy atom. The quantitative estimate of drug-likeness (QED) is 0.651. The molecule has 0 fully saturated rings. The predicted molar refractivity (Wildman–Crippen MR) is 83.4 cm³/mol. The van der Waals surface area contributed by atoms with Crippen molar-refractivity contribution in [1.82, 2.24) is 9.79 Å². The molecular formula is C16H15FN2O4S. The van der Waals surface area contributed by atoms with E-state index in [2.05, 4.69) is 0 Å². The van der Waals surface area contributed by atoms with Gasteiger partial charge in [0.2, 0.25) is 10.0 Å².